The predicted octanol–water partition coefficient (Wildman–Crippen LogP) is 3.39. The van der Waals surface area contributed by atoms with E-state index in [9.17, 15) is 0 Å². The maximum atomic E-state index is 4.57. The molecule has 0 saturated heterocycles. The second-order valence-corrected chi connectivity index (χ2v) is 4.79. The van der Waals surface area contributed by atoms with E-state index in [1.165, 1.54) is 11.3 Å². The molecule has 0 aliphatic rings. The Labute approximate surface area is 102 Å². The van der Waals surface area contributed by atoms with Gasteiger partial charge in [-0.05, 0) is 13.8 Å². The van der Waals surface area contributed by atoms with Gasteiger partial charge in [-0.1, -0.05) is 30.3 Å². The van der Waals surface area contributed by atoms with Crippen molar-refractivity contribution in [3.05, 3.63) is 41.6 Å². The molecule has 1 unspecified atom stereocenters. The maximum Gasteiger partial charge on any atom is 0.0968 e. The van der Waals surface area contributed by atoms with Crippen LogP contribution in [0, 0.1) is 6.92 Å². The molecule has 2 rings (SSSR count). The zero-order valence-electron chi connectivity index (χ0n) is 9.81. The SMILES string of the molecule is Cc1c(C(C)S)c(-c2ccccc2)nn1C. The van der Waals surface area contributed by atoms with E-state index in [0.717, 1.165) is 11.3 Å². The Morgan fingerprint density at radius 2 is 1.88 bits per heavy atom. The highest BCUT2D eigenvalue weighted by Crippen LogP contribution is 2.32. The molecular weight excluding hydrogens is 216 g/mol. The van der Waals surface area contributed by atoms with Crippen molar-refractivity contribution in [2.45, 2.75) is 19.1 Å². The number of nitrogens with zero attached hydrogens (tertiary/aromatic N) is 2. The molecule has 0 aliphatic heterocycles. The molecular formula is C13H16N2S. The third-order valence-corrected chi connectivity index (χ3v) is 3.10. The molecule has 0 N–H and O–H groups in total. The van der Waals surface area contributed by atoms with Gasteiger partial charge in [0.1, 0.15) is 0 Å². The van der Waals surface area contributed by atoms with Crippen LogP contribution in [0.25, 0.3) is 11.3 Å². The van der Waals surface area contributed by atoms with Gasteiger partial charge in [0.05, 0.1) is 5.69 Å². The van der Waals surface area contributed by atoms with Crippen LogP contribution in [-0.4, -0.2) is 9.78 Å². The Hall–Kier alpha value is -1.22. The lowest BCUT2D eigenvalue weighted by Crippen LogP contribution is -1.94. The van der Waals surface area contributed by atoms with Gasteiger partial charge in [-0.15, -0.1) is 0 Å². The van der Waals surface area contributed by atoms with Gasteiger partial charge in [0.2, 0.25) is 0 Å². The van der Waals surface area contributed by atoms with E-state index in [-0.39, 0.29) is 5.25 Å². The Bertz CT molecular complexity index is 486. The molecule has 0 bridgehead atoms. The fourth-order valence-corrected chi connectivity index (χ4v) is 2.24. The normalized spacial score (nSPS) is 12.8. The molecule has 16 heavy (non-hydrogen) atoms. The molecule has 0 fully saturated rings. The number of hydrogen-bond donors (Lipinski definition) is 1. The molecule has 1 heterocycles. The summed E-state index contributed by atoms with van der Waals surface area (Å²) < 4.78 is 1.92. The first-order chi connectivity index (χ1) is 7.61. The monoisotopic (exact) mass is 232 g/mol. The summed E-state index contributed by atoms with van der Waals surface area (Å²) in [6.07, 6.45) is 0. The number of hydrogen-bond acceptors (Lipinski definition) is 2. The van der Waals surface area contributed by atoms with E-state index in [2.05, 4.69) is 43.7 Å². The van der Waals surface area contributed by atoms with Gasteiger partial charge in [0.25, 0.3) is 0 Å². The minimum Gasteiger partial charge on any atom is -0.272 e. The van der Waals surface area contributed by atoms with Crippen LogP contribution in [0.5, 0.6) is 0 Å². The average molecular weight is 232 g/mol. The van der Waals surface area contributed by atoms with Gasteiger partial charge >= 0.3 is 0 Å². The molecule has 0 radical (unpaired) electrons. The van der Waals surface area contributed by atoms with Crippen molar-refractivity contribution >= 4 is 12.6 Å². The topological polar surface area (TPSA) is 17.8 Å². The van der Waals surface area contributed by atoms with E-state index < -0.39 is 0 Å². The van der Waals surface area contributed by atoms with E-state index in [0.29, 0.717) is 0 Å². The van der Waals surface area contributed by atoms with Crippen LogP contribution in [0.1, 0.15) is 23.4 Å². The van der Waals surface area contributed by atoms with Crippen LogP contribution in [-0.2, 0) is 7.05 Å². The van der Waals surface area contributed by atoms with Crippen molar-refractivity contribution in [3.8, 4) is 11.3 Å². The van der Waals surface area contributed by atoms with Gasteiger partial charge < -0.3 is 0 Å². The van der Waals surface area contributed by atoms with Crippen LogP contribution in [0.3, 0.4) is 0 Å². The fourth-order valence-electron chi connectivity index (χ4n) is 1.93. The quantitative estimate of drug-likeness (QED) is 0.786. The summed E-state index contributed by atoms with van der Waals surface area (Å²) in [7, 11) is 1.97. The summed E-state index contributed by atoms with van der Waals surface area (Å²) in [6.45, 7) is 4.17. The Balaban J connectivity index is 2.62. The van der Waals surface area contributed by atoms with Crippen molar-refractivity contribution in [2.75, 3.05) is 0 Å². The number of rotatable bonds is 2. The molecule has 2 nitrogen and oxygen atoms in total. The predicted molar refractivity (Wildman–Crippen MR) is 70.8 cm³/mol. The van der Waals surface area contributed by atoms with Gasteiger partial charge in [-0.2, -0.15) is 17.7 Å². The maximum absolute atomic E-state index is 4.57. The molecule has 0 aliphatic carbocycles. The summed E-state index contributed by atoms with van der Waals surface area (Å²) in [6, 6.07) is 10.3. The summed E-state index contributed by atoms with van der Waals surface area (Å²) in [5, 5.41) is 4.77. The number of benzene rings is 1. The van der Waals surface area contributed by atoms with Crippen LogP contribution in [0.2, 0.25) is 0 Å². The molecule has 0 amide bonds. The van der Waals surface area contributed by atoms with Gasteiger partial charge in [0.15, 0.2) is 0 Å². The third-order valence-electron chi connectivity index (χ3n) is 2.85. The van der Waals surface area contributed by atoms with Crippen molar-refractivity contribution in [3.63, 3.8) is 0 Å². The molecule has 1 atom stereocenters. The number of aryl methyl sites for hydroxylation is 1. The van der Waals surface area contributed by atoms with Crippen LogP contribution in [0.15, 0.2) is 30.3 Å². The second-order valence-electron chi connectivity index (χ2n) is 4.01. The van der Waals surface area contributed by atoms with Crippen molar-refractivity contribution < 1.29 is 0 Å². The van der Waals surface area contributed by atoms with Gasteiger partial charge in [-0.25, -0.2) is 0 Å². The van der Waals surface area contributed by atoms with E-state index in [1.54, 1.807) is 0 Å². The average Bonchev–Trinajstić information content (AvgIpc) is 2.57. The van der Waals surface area contributed by atoms with Crippen molar-refractivity contribution in [2.24, 2.45) is 7.05 Å². The zero-order valence-corrected chi connectivity index (χ0v) is 10.7. The van der Waals surface area contributed by atoms with Crippen LogP contribution in [0.4, 0.5) is 0 Å². The lowest BCUT2D eigenvalue weighted by molar-refractivity contribution is 0.740. The minimum absolute atomic E-state index is 0.198. The summed E-state index contributed by atoms with van der Waals surface area (Å²) in [4.78, 5) is 0. The van der Waals surface area contributed by atoms with E-state index in [1.807, 2.05) is 29.9 Å². The largest absolute Gasteiger partial charge is 0.272 e. The van der Waals surface area contributed by atoms with Crippen molar-refractivity contribution in [1.29, 1.82) is 0 Å². The number of thiol groups is 1. The van der Waals surface area contributed by atoms with Gasteiger partial charge in [0, 0.05) is 29.1 Å². The number of aromatic nitrogens is 2. The lowest BCUT2D eigenvalue weighted by Gasteiger charge is -2.06. The lowest BCUT2D eigenvalue weighted by atomic mass is 10.0. The first-order valence-electron chi connectivity index (χ1n) is 5.38. The zero-order chi connectivity index (χ0) is 11.7. The molecule has 1 aromatic heterocycles. The van der Waals surface area contributed by atoms with Crippen molar-refractivity contribution in [1.82, 2.24) is 9.78 Å². The molecule has 0 saturated carbocycles. The highest BCUT2D eigenvalue weighted by Gasteiger charge is 2.17. The molecule has 0 spiro atoms. The Morgan fingerprint density at radius 1 is 1.25 bits per heavy atom. The van der Waals surface area contributed by atoms with E-state index >= 15 is 0 Å². The summed E-state index contributed by atoms with van der Waals surface area (Å²) >= 11 is 4.54. The summed E-state index contributed by atoms with van der Waals surface area (Å²) in [5.74, 6) is 0. The fraction of sp³-hybridized carbons (Fsp3) is 0.308. The molecule has 3 heteroatoms. The van der Waals surface area contributed by atoms with Crippen LogP contribution >= 0.6 is 12.6 Å². The highest BCUT2D eigenvalue weighted by atomic mass is 32.1. The second kappa shape index (κ2) is 4.34. The minimum atomic E-state index is 0.198. The van der Waals surface area contributed by atoms with Gasteiger partial charge in [-0.3, -0.25) is 4.68 Å². The molecule has 2 aromatic rings. The van der Waals surface area contributed by atoms with Crippen LogP contribution < -0.4 is 0 Å². The molecule has 1 aromatic carbocycles. The Morgan fingerprint density at radius 3 is 2.44 bits per heavy atom. The highest BCUT2D eigenvalue weighted by molar-refractivity contribution is 7.80. The Kier molecular flexibility index (Phi) is 3.06. The van der Waals surface area contributed by atoms with E-state index in [4.69, 9.17) is 0 Å². The standard InChI is InChI=1S/C13H16N2S/c1-9-12(10(2)16)13(14-15(9)3)11-7-5-4-6-8-11/h4-8,10,16H,1-3H3. The third kappa shape index (κ3) is 1.87. The smallest absolute Gasteiger partial charge is 0.0968 e. The first-order valence-corrected chi connectivity index (χ1v) is 5.90. The summed E-state index contributed by atoms with van der Waals surface area (Å²) in [5.41, 5.74) is 4.60. The first kappa shape index (κ1) is 11.3. The molecule has 84 valence electrons.